The van der Waals surface area contributed by atoms with Crippen LogP contribution in [0.3, 0.4) is 0 Å². The maximum Gasteiger partial charge on any atom is 0.490 e. The van der Waals surface area contributed by atoms with E-state index in [1.807, 2.05) is 0 Å². The quantitative estimate of drug-likeness (QED) is 0.239. The number of phosphoric acid groups is 3. The average Bonchev–Trinajstić information content (AvgIpc) is 2.81. The van der Waals surface area contributed by atoms with Gasteiger partial charge in [-0.15, -0.1) is 0 Å². The molecule has 2 heterocycles. The topological polar surface area (TPSA) is 244 Å². The Kier molecular flexibility index (Phi) is 7.47. The Morgan fingerprint density at radius 3 is 2.30 bits per heavy atom. The number of ether oxygens (including phenoxy) is 1. The van der Waals surface area contributed by atoms with Crippen LogP contribution >= 0.6 is 23.5 Å². The van der Waals surface area contributed by atoms with Crippen LogP contribution in [0.25, 0.3) is 0 Å². The number of H-pyrrole nitrogens is 1. The van der Waals surface area contributed by atoms with Gasteiger partial charge < -0.3 is 29.4 Å². The van der Waals surface area contributed by atoms with Gasteiger partial charge in [-0.25, -0.2) is 18.5 Å². The summed E-state index contributed by atoms with van der Waals surface area (Å²) in [4.78, 5) is 61.0. The Bertz CT molecular complexity index is 1040. The highest BCUT2D eigenvalue weighted by atomic mass is 31.3. The molecule has 30 heavy (non-hydrogen) atoms. The third-order valence-corrected chi connectivity index (χ3v) is 7.72. The van der Waals surface area contributed by atoms with E-state index in [0.717, 1.165) is 4.57 Å². The van der Waals surface area contributed by atoms with Crippen LogP contribution in [-0.2, 0) is 31.6 Å². The van der Waals surface area contributed by atoms with Crippen molar-refractivity contribution in [3.05, 3.63) is 32.6 Å². The van der Waals surface area contributed by atoms with E-state index in [1.54, 1.807) is 0 Å². The summed E-state index contributed by atoms with van der Waals surface area (Å²) in [6, 6.07) is 0. The number of hydrogen-bond donors (Lipinski definition) is 6. The van der Waals surface area contributed by atoms with Crippen molar-refractivity contribution in [3.8, 4) is 0 Å². The fourth-order valence-corrected chi connectivity index (χ4v) is 5.62. The lowest BCUT2D eigenvalue weighted by Crippen LogP contribution is -2.35. The van der Waals surface area contributed by atoms with Crippen LogP contribution in [0.5, 0.6) is 0 Å². The van der Waals surface area contributed by atoms with E-state index in [9.17, 15) is 33.3 Å². The molecule has 1 aliphatic heterocycles. The van der Waals surface area contributed by atoms with E-state index in [1.165, 1.54) is 20.0 Å². The molecule has 6 N–H and O–H groups in total. The number of nitrogens with one attached hydrogen (secondary N) is 1. The van der Waals surface area contributed by atoms with Crippen LogP contribution in [0.2, 0.25) is 0 Å². The number of aliphatic hydroxyl groups is 1. The van der Waals surface area contributed by atoms with Crippen molar-refractivity contribution in [3.63, 3.8) is 0 Å². The Labute approximate surface area is 167 Å². The average molecular weight is 496 g/mol. The minimum Gasteiger partial charge on any atom is -0.390 e. The molecule has 3 unspecified atom stereocenters. The summed E-state index contributed by atoms with van der Waals surface area (Å²) in [7, 11) is -16.6. The molecule has 172 valence electrons. The molecular formula is C11H19N2O14P3. The number of aryl methyl sites for hydroxylation is 1. The largest absolute Gasteiger partial charge is 0.490 e. The first kappa shape index (κ1) is 25.3. The number of aliphatic hydroxyl groups excluding tert-OH is 1. The molecule has 2 rings (SSSR count). The lowest BCUT2D eigenvalue weighted by Gasteiger charge is -2.19. The van der Waals surface area contributed by atoms with Gasteiger partial charge in [0.1, 0.15) is 12.3 Å². The lowest BCUT2D eigenvalue weighted by molar-refractivity contribution is -0.0468. The van der Waals surface area contributed by atoms with Crippen LogP contribution in [0.4, 0.5) is 0 Å². The van der Waals surface area contributed by atoms with Gasteiger partial charge in [-0.05, 0) is 6.92 Å². The normalized spacial score (nSPS) is 28.8. The van der Waals surface area contributed by atoms with Crippen molar-refractivity contribution in [2.75, 3.05) is 6.61 Å². The number of aromatic amines is 1. The highest BCUT2D eigenvalue weighted by molar-refractivity contribution is 7.66. The van der Waals surface area contributed by atoms with Gasteiger partial charge in [0, 0.05) is 17.7 Å². The van der Waals surface area contributed by atoms with Crippen molar-refractivity contribution in [1.82, 2.24) is 9.55 Å². The van der Waals surface area contributed by atoms with E-state index in [2.05, 4.69) is 18.1 Å². The Morgan fingerprint density at radius 2 is 1.73 bits per heavy atom. The molecule has 0 aliphatic carbocycles. The number of nitrogens with zero attached hydrogens (tertiary/aromatic N) is 1. The Balaban J connectivity index is 2.09. The van der Waals surface area contributed by atoms with Gasteiger partial charge in [-0.2, -0.15) is 8.62 Å². The fourth-order valence-electron chi connectivity index (χ4n) is 2.59. The van der Waals surface area contributed by atoms with Crippen LogP contribution in [-0.4, -0.2) is 53.0 Å². The van der Waals surface area contributed by atoms with Gasteiger partial charge in [0.15, 0.2) is 0 Å². The van der Waals surface area contributed by atoms with E-state index >= 15 is 0 Å². The zero-order valence-electron chi connectivity index (χ0n) is 15.3. The molecule has 19 heteroatoms. The predicted molar refractivity (Wildman–Crippen MR) is 95.0 cm³/mol. The van der Waals surface area contributed by atoms with Crippen molar-refractivity contribution >= 4 is 23.5 Å². The van der Waals surface area contributed by atoms with Gasteiger partial charge in [0.05, 0.1) is 12.7 Å². The smallest absolute Gasteiger partial charge is 0.390 e. The van der Waals surface area contributed by atoms with Crippen LogP contribution in [0, 0.1) is 12.8 Å². The van der Waals surface area contributed by atoms with Gasteiger partial charge in [-0.1, -0.05) is 6.92 Å². The maximum atomic E-state index is 12.0. The monoisotopic (exact) mass is 496 g/mol. The summed E-state index contributed by atoms with van der Waals surface area (Å²) in [5, 5.41) is 10.2. The molecule has 1 saturated heterocycles. The van der Waals surface area contributed by atoms with E-state index in [0.29, 0.717) is 0 Å². The Hall–Kier alpha value is -0.990. The molecule has 0 radical (unpaired) electrons. The van der Waals surface area contributed by atoms with Gasteiger partial charge in [0.25, 0.3) is 5.56 Å². The molecule has 1 aromatic heterocycles. The molecule has 0 saturated carbocycles. The second-order valence-corrected chi connectivity index (χ2v) is 10.7. The van der Waals surface area contributed by atoms with Crippen molar-refractivity contribution in [1.29, 1.82) is 0 Å². The molecule has 0 aromatic carbocycles. The molecule has 0 amide bonds. The van der Waals surface area contributed by atoms with E-state index < -0.39 is 65.7 Å². The van der Waals surface area contributed by atoms with Crippen molar-refractivity contribution in [2.24, 2.45) is 5.92 Å². The summed E-state index contributed by atoms with van der Waals surface area (Å²) < 4.78 is 51.7. The second-order valence-electron chi connectivity index (χ2n) is 6.28. The SMILES string of the molecule is Cc1cn([C@H]2O[C@@H](COP(=O)(O)OP(=O)(O)OP(=O)(O)O)[C@@H](O)C2C)c(=O)[nH]c1=O. The zero-order chi connectivity index (χ0) is 23.1. The van der Waals surface area contributed by atoms with Crippen LogP contribution < -0.4 is 11.2 Å². The summed E-state index contributed by atoms with van der Waals surface area (Å²) in [5.74, 6) is -0.762. The summed E-state index contributed by atoms with van der Waals surface area (Å²) in [6.45, 7) is 2.02. The molecule has 6 atom stereocenters. The predicted octanol–water partition coefficient (Wildman–Crippen LogP) is -0.917. The molecule has 0 bridgehead atoms. The third-order valence-electron chi connectivity index (χ3n) is 3.92. The number of hydrogen-bond acceptors (Lipinski definition) is 10. The summed E-state index contributed by atoms with van der Waals surface area (Å²) in [5.41, 5.74) is -1.27. The van der Waals surface area contributed by atoms with Gasteiger partial charge in [-0.3, -0.25) is 18.9 Å². The molecule has 1 aromatic rings. The number of phosphoric ester groups is 1. The molecule has 1 aliphatic rings. The van der Waals surface area contributed by atoms with E-state index in [-0.39, 0.29) is 5.56 Å². The summed E-state index contributed by atoms with van der Waals surface area (Å²) in [6.07, 6.45) is -2.58. The second kappa shape index (κ2) is 8.87. The number of rotatable bonds is 8. The first-order chi connectivity index (χ1) is 13.5. The van der Waals surface area contributed by atoms with Crippen LogP contribution in [0.15, 0.2) is 15.8 Å². The lowest BCUT2D eigenvalue weighted by atomic mass is 10.0. The highest BCUT2D eigenvalue weighted by Gasteiger charge is 2.45. The van der Waals surface area contributed by atoms with Crippen molar-refractivity contribution < 1.29 is 56.3 Å². The first-order valence-electron chi connectivity index (χ1n) is 7.95. The standard InChI is InChI=1S/C11H19N2O14P3/c1-5-3-13(11(16)12-9(5)15)10-6(2)8(14)7(25-10)4-24-29(20,21)27-30(22,23)26-28(17,18)19/h3,6-8,10,14H,4H2,1-2H3,(H,20,21)(H,22,23)(H,12,15,16)(H2,17,18,19)/t6?,7-,8-,10-/m0/s1. The maximum absolute atomic E-state index is 12.0. The van der Waals surface area contributed by atoms with Crippen molar-refractivity contribution in [2.45, 2.75) is 32.3 Å². The third kappa shape index (κ3) is 6.50. The first-order valence-corrected chi connectivity index (χ1v) is 12.5. The van der Waals surface area contributed by atoms with Gasteiger partial charge in [0.2, 0.25) is 0 Å². The molecule has 16 nitrogen and oxygen atoms in total. The van der Waals surface area contributed by atoms with Crippen LogP contribution in [0.1, 0.15) is 18.7 Å². The minimum atomic E-state index is -5.68. The molecule has 1 fully saturated rings. The van der Waals surface area contributed by atoms with E-state index in [4.69, 9.17) is 19.4 Å². The Morgan fingerprint density at radius 1 is 1.13 bits per heavy atom. The highest BCUT2D eigenvalue weighted by Crippen LogP contribution is 2.66. The summed E-state index contributed by atoms with van der Waals surface area (Å²) >= 11 is 0. The zero-order valence-corrected chi connectivity index (χ0v) is 18.0. The van der Waals surface area contributed by atoms with Gasteiger partial charge >= 0.3 is 29.2 Å². The molecule has 0 spiro atoms. The molecular weight excluding hydrogens is 477 g/mol. The fraction of sp³-hybridized carbons (Fsp3) is 0.636. The minimum absolute atomic E-state index is 0.177. The number of aromatic nitrogens is 2.